The molecule has 0 aliphatic carbocycles. The number of carbonyl (C=O) groups excluding carboxylic acids is 1. The number of amides is 1. The fourth-order valence-corrected chi connectivity index (χ4v) is 0.619. The number of rotatable bonds is 1. The van der Waals surface area contributed by atoms with Gasteiger partial charge in [-0.3, -0.25) is 20.1 Å². The molecule has 0 radical (unpaired) electrons. The van der Waals surface area contributed by atoms with Crippen LogP contribution < -0.4 is 16.7 Å². The van der Waals surface area contributed by atoms with Crippen LogP contribution in [0, 0.1) is 0 Å². The predicted molar refractivity (Wildman–Crippen MR) is 39.8 cm³/mol. The summed E-state index contributed by atoms with van der Waals surface area (Å²) in [6.45, 7) is 1.24. The first-order chi connectivity index (χ1) is 5.58. The molecule has 1 amide bonds. The number of anilines is 1. The first-order valence-corrected chi connectivity index (χ1v) is 3.06. The average Bonchev–Trinajstić information content (AvgIpc) is 1.81. The van der Waals surface area contributed by atoms with E-state index in [0.717, 1.165) is 0 Å². The van der Waals surface area contributed by atoms with Crippen LogP contribution in [0.25, 0.3) is 0 Å². The van der Waals surface area contributed by atoms with Gasteiger partial charge in [0, 0.05) is 6.92 Å². The quantitative estimate of drug-likeness (QED) is 0.472. The lowest BCUT2D eigenvalue weighted by Crippen LogP contribution is -2.27. The molecule has 12 heavy (non-hydrogen) atoms. The number of aromatic nitrogens is 3. The lowest BCUT2D eigenvalue weighted by molar-refractivity contribution is -0.114. The summed E-state index contributed by atoms with van der Waals surface area (Å²) in [5, 5.41) is 2.16. The Hall–Kier alpha value is -1.92. The van der Waals surface area contributed by atoms with Crippen molar-refractivity contribution in [3.63, 3.8) is 0 Å². The van der Waals surface area contributed by atoms with Gasteiger partial charge in [-0.15, -0.1) is 0 Å². The van der Waals surface area contributed by atoms with E-state index in [1.807, 2.05) is 4.98 Å². The molecule has 0 spiro atoms. The summed E-state index contributed by atoms with van der Waals surface area (Å²) in [7, 11) is 0. The maximum absolute atomic E-state index is 10.6. The van der Waals surface area contributed by atoms with Crippen LogP contribution >= 0.6 is 0 Å². The third-order valence-corrected chi connectivity index (χ3v) is 0.960. The molecule has 1 aromatic heterocycles. The van der Waals surface area contributed by atoms with Gasteiger partial charge in [0.2, 0.25) is 11.9 Å². The molecule has 0 atom stereocenters. The molecule has 1 aromatic rings. The van der Waals surface area contributed by atoms with E-state index in [2.05, 4.69) is 15.3 Å². The van der Waals surface area contributed by atoms with Gasteiger partial charge in [0.25, 0.3) is 0 Å². The van der Waals surface area contributed by atoms with E-state index < -0.39 is 17.3 Å². The van der Waals surface area contributed by atoms with Crippen molar-refractivity contribution in [3.8, 4) is 0 Å². The number of aromatic amines is 2. The number of carbonyl (C=O) groups is 1. The molecule has 0 aliphatic heterocycles. The summed E-state index contributed by atoms with van der Waals surface area (Å²) in [5.41, 5.74) is -1.51. The van der Waals surface area contributed by atoms with E-state index in [1.165, 1.54) is 6.92 Å². The second kappa shape index (κ2) is 2.99. The van der Waals surface area contributed by atoms with Crippen LogP contribution in [0.15, 0.2) is 9.59 Å². The molecule has 1 heterocycles. The van der Waals surface area contributed by atoms with Gasteiger partial charge in [0.15, 0.2) is 0 Å². The zero-order valence-corrected chi connectivity index (χ0v) is 6.17. The summed E-state index contributed by atoms with van der Waals surface area (Å²) in [6, 6.07) is 0. The van der Waals surface area contributed by atoms with Gasteiger partial charge in [-0.25, -0.2) is 9.59 Å². The van der Waals surface area contributed by atoms with E-state index >= 15 is 0 Å². The molecule has 0 fully saturated rings. The number of nitrogens with zero attached hydrogens (tertiary/aromatic N) is 1. The molecule has 0 bridgehead atoms. The number of nitrogens with one attached hydrogen (secondary N) is 3. The highest BCUT2D eigenvalue weighted by molar-refractivity contribution is 5.86. The Bertz CT molecular complexity index is 375. The number of hydrogen-bond donors (Lipinski definition) is 3. The van der Waals surface area contributed by atoms with Crippen molar-refractivity contribution in [2.45, 2.75) is 6.92 Å². The Kier molecular flexibility index (Phi) is 2.04. The molecule has 7 nitrogen and oxygen atoms in total. The Labute approximate surface area is 65.9 Å². The van der Waals surface area contributed by atoms with Crippen LogP contribution in [0.3, 0.4) is 0 Å². The average molecular weight is 170 g/mol. The van der Waals surface area contributed by atoms with Gasteiger partial charge < -0.3 is 0 Å². The third kappa shape index (κ3) is 2.04. The molecule has 0 aromatic carbocycles. The summed E-state index contributed by atoms with van der Waals surface area (Å²) in [6.07, 6.45) is 0. The van der Waals surface area contributed by atoms with Gasteiger partial charge in [-0.2, -0.15) is 4.98 Å². The van der Waals surface area contributed by atoms with E-state index in [-0.39, 0.29) is 5.95 Å². The second-order valence-electron chi connectivity index (χ2n) is 2.03. The zero-order valence-electron chi connectivity index (χ0n) is 6.17. The van der Waals surface area contributed by atoms with E-state index in [0.29, 0.717) is 0 Å². The summed E-state index contributed by atoms with van der Waals surface area (Å²) >= 11 is 0. The maximum Gasteiger partial charge on any atom is 0.352 e. The molecular weight excluding hydrogens is 164 g/mol. The number of hydrogen-bond acceptors (Lipinski definition) is 4. The van der Waals surface area contributed by atoms with E-state index in [9.17, 15) is 14.4 Å². The third-order valence-electron chi connectivity index (χ3n) is 0.960. The van der Waals surface area contributed by atoms with Crippen molar-refractivity contribution < 1.29 is 4.79 Å². The lowest BCUT2D eigenvalue weighted by atomic mass is 10.7. The smallest absolute Gasteiger partial charge is 0.296 e. The summed E-state index contributed by atoms with van der Waals surface area (Å²) < 4.78 is 0. The van der Waals surface area contributed by atoms with Crippen LogP contribution in [0.2, 0.25) is 0 Å². The van der Waals surface area contributed by atoms with Crippen LogP contribution in [-0.4, -0.2) is 20.9 Å². The minimum absolute atomic E-state index is 0.156. The summed E-state index contributed by atoms with van der Waals surface area (Å²) in [5.74, 6) is -0.569. The monoisotopic (exact) mass is 170 g/mol. The van der Waals surface area contributed by atoms with Gasteiger partial charge in [0.05, 0.1) is 0 Å². The molecule has 0 unspecified atom stereocenters. The highest BCUT2D eigenvalue weighted by Gasteiger charge is 1.98. The van der Waals surface area contributed by atoms with E-state index in [1.54, 1.807) is 0 Å². The molecule has 7 heteroatoms. The van der Waals surface area contributed by atoms with Gasteiger partial charge in [-0.1, -0.05) is 0 Å². The lowest BCUT2D eigenvalue weighted by Gasteiger charge is -1.96. The largest absolute Gasteiger partial charge is 0.352 e. The predicted octanol–water partition coefficient (Wildman–Crippen LogP) is -1.58. The first-order valence-electron chi connectivity index (χ1n) is 3.06. The van der Waals surface area contributed by atoms with Gasteiger partial charge in [-0.05, 0) is 0 Å². The highest BCUT2D eigenvalue weighted by atomic mass is 16.2. The first kappa shape index (κ1) is 8.18. The standard InChI is InChI=1S/C5H6N4O3/c1-2(10)6-3-7-4(11)9-5(12)8-3/h1H3,(H3,6,7,8,9,10,11,12). The van der Waals surface area contributed by atoms with E-state index in [4.69, 9.17) is 0 Å². The Morgan fingerprint density at radius 3 is 2.58 bits per heavy atom. The van der Waals surface area contributed by atoms with Crippen LogP contribution in [0.5, 0.6) is 0 Å². The Morgan fingerprint density at radius 2 is 2.08 bits per heavy atom. The normalized spacial score (nSPS) is 9.42. The maximum atomic E-state index is 10.6. The van der Waals surface area contributed by atoms with Gasteiger partial charge in [0.1, 0.15) is 0 Å². The minimum Gasteiger partial charge on any atom is -0.296 e. The topological polar surface area (TPSA) is 108 Å². The van der Waals surface area contributed by atoms with Crippen LogP contribution in [0.1, 0.15) is 6.92 Å². The summed E-state index contributed by atoms with van der Waals surface area (Å²) in [4.78, 5) is 38.9. The molecule has 0 aliphatic rings. The molecule has 64 valence electrons. The SMILES string of the molecule is CC(=O)Nc1nc(=O)[nH]c(=O)[nH]1. The molecule has 3 N–H and O–H groups in total. The van der Waals surface area contributed by atoms with Crippen LogP contribution in [-0.2, 0) is 4.79 Å². The highest BCUT2D eigenvalue weighted by Crippen LogP contribution is 1.85. The Balaban J connectivity index is 3.09. The van der Waals surface area contributed by atoms with Gasteiger partial charge >= 0.3 is 11.4 Å². The van der Waals surface area contributed by atoms with Crippen molar-refractivity contribution in [3.05, 3.63) is 21.0 Å². The molecule has 0 saturated carbocycles. The fraction of sp³-hybridized carbons (Fsp3) is 0.200. The van der Waals surface area contributed by atoms with Crippen LogP contribution in [0.4, 0.5) is 5.95 Å². The second-order valence-corrected chi connectivity index (χ2v) is 2.03. The van der Waals surface area contributed by atoms with Crippen molar-refractivity contribution in [1.82, 2.24) is 15.0 Å². The van der Waals surface area contributed by atoms with Crippen molar-refractivity contribution in [2.75, 3.05) is 5.32 Å². The molecule has 0 saturated heterocycles. The number of H-pyrrole nitrogens is 2. The minimum atomic E-state index is -0.803. The Morgan fingerprint density at radius 1 is 1.42 bits per heavy atom. The molecular formula is C5H6N4O3. The van der Waals surface area contributed by atoms with Crippen molar-refractivity contribution in [2.24, 2.45) is 0 Å². The van der Waals surface area contributed by atoms with Crippen molar-refractivity contribution in [1.29, 1.82) is 0 Å². The fourth-order valence-electron chi connectivity index (χ4n) is 0.619. The zero-order chi connectivity index (χ0) is 9.14. The molecule has 1 rings (SSSR count). The van der Waals surface area contributed by atoms with Crippen molar-refractivity contribution >= 4 is 11.9 Å².